The number of hydrogen-bond donors (Lipinski definition) is 1. The van der Waals surface area contributed by atoms with Gasteiger partial charge in [0.1, 0.15) is 0 Å². The molecule has 0 atom stereocenters. The molecule has 0 radical (unpaired) electrons. The van der Waals surface area contributed by atoms with Crippen molar-refractivity contribution in [1.29, 1.82) is 0 Å². The standard InChI is InChI=1S/C9H6ClNO3S/c1-4-2-15-8(5(4)10)7-6(9(12)13)11-3-14-7/h2-3H,1H3,(H,12,13). The maximum Gasteiger partial charge on any atom is 0.358 e. The molecule has 0 aliphatic rings. The first-order chi connectivity index (χ1) is 7.11. The Bertz CT molecular complexity index is 517. The van der Waals surface area contributed by atoms with Crippen LogP contribution < -0.4 is 0 Å². The van der Waals surface area contributed by atoms with Crippen molar-refractivity contribution in [3.05, 3.63) is 28.1 Å². The molecule has 0 saturated carbocycles. The second-order valence-corrected chi connectivity index (χ2v) is 4.15. The van der Waals surface area contributed by atoms with Crippen molar-refractivity contribution in [1.82, 2.24) is 4.98 Å². The Kier molecular flexibility index (Phi) is 2.50. The normalized spacial score (nSPS) is 10.5. The van der Waals surface area contributed by atoms with E-state index in [-0.39, 0.29) is 11.5 Å². The quantitative estimate of drug-likeness (QED) is 0.881. The van der Waals surface area contributed by atoms with Crippen molar-refractivity contribution in [3.63, 3.8) is 0 Å². The van der Waals surface area contributed by atoms with E-state index in [1.807, 2.05) is 12.3 Å². The van der Waals surface area contributed by atoms with Gasteiger partial charge in [-0.25, -0.2) is 9.78 Å². The zero-order valence-corrected chi connectivity index (χ0v) is 9.22. The number of aromatic carboxylic acids is 1. The Hall–Kier alpha value is -1.33. The van der Waals surface area contributed by atoms with E-state index in [0.717, 1.165) is 12.0 Å². The molecular weight excluding hydrogens is 238 g/mol. The van der Waals surface area contributed by atoms with Crippen LogP contribution in [-0.4, -0.2) is 16.1 Å². The van der Waals surface area contributed by atoms with Crippen LogP contribution in [-0.2, 0) is 0 Å². The fraction of sp³-hybridized carbons (Fsp3) is 0.111. The Morgan fingerprint density at radius 2 is 2.40 bits per heavy atom. The van der Waals surface area contributed by atoms with Crippen molar-refractivity contribution < 1.29 is 14.3 Å². The van der Waals surface area contributed by atoms with E-state index in [1.54, 1.807) is 0 Å². The second-order valence-electron chi connectivity index (χ2n) is 2.90. The molecule has 0 spiro atoms. The lowest BCUT2D eigenvalue weighted by atomic mass is 10.2. The topological polar surface area (TPSA) is 63.3 Å². The fourth-order valence-electron chi connectivity index (χ4n) is 1.14. The van der Waals surface area contributed by atoms with Crippen molar-refractivity contribution in [2.24, 2.45) is 0 Å². The highest BCUT2D eigenvalue weighted by atomic mass is 35.5. The van der Waals surface area contributed by atoms with Gasteiger partial charge in [0, 0.05) is 0 Å². The number of hydrogen-bond acceptors (Lipinski definition) is 4. The molecule has 2 aromatic heterocycles. The minimum Gasteiger partial charge on any atom is -0.476 e. The largest absolute Gasteiger partial charge is 0.476 e. The van der Waals surface area contributed by atoms with Crippen LogP contribution >= 0.6 is 22.9 Å². The maximum absolute atomic E-state index is 10.8. The van der Waals surface area contributed by atoms with Crippen LogP contribution in [0, 0.1) is 6.92 Å². The zero-order valence-electron chi connectivity index (χ0n) is 7.65. The van der Waals surface area contributed by atoms with Gasteiger partial charge in [0.2, 0.25) is 0 Å². The van der Waals surface area contributed by atoms with Crippen LogP contribution in [0.1, 0.15) is 16.1 Å². The highest BCUT2D eigenvalue weighted by Crippen LogP contribution is 2.37. The Labute approximate surface area is 94.1 Å². The van der Waals surface area contributed by atoms with Gasteiger partial charge in [-0.15, -0.1) is 11.3 Å². The van der Waals surface area contributed by atoms with E-state index in [1.165, 1.54) is 11.3 Å². The smallest absolute Gasteiger partial charge is 0.358 e. The molecule has 2 aromatic rings. The van der Waals surface area contributed by atoms with E-state index < -0.39 is 5.97 Å². The molecule has 0 aliphatic heterocycles. The average molecular weight is 244 g/mol. The highest BCUT2D eigenvalue weighted by molar-refractivity contribution is 7.14. The predicted octanol–water partition coefficient (Wildman–Crippen LogP) is 3.06. The monoisotopic (exact) mass is 243 g/mol. The predicted molar refractivity (Wildman–Crippen MR) is 56.5 cm³/mol. The molecule has 0 aliphatic carbocycles. The number of thiophene rings is 1. The summed E-state index contributed by atoms with van der Waals surface area (Å²) in [6.07, 6.45) is 1.10. The lowest BCUT2D eigenvalue weighted by Crippen LogP contribution is -1.97. The maximum atomic E-state index is 10.8. The number of oxazole rings is 1. The Balaban J connectivity index is 2.59. The molecule has 0 unspecified atom stereocenters. The van der Waals surface area contributed by atoms with Gasteiger partial charge in [0.15, 0.2) is 17.8 Å². The number of aromatic nitrogens is 1. The van der Waals surface area contributed by atoms with Crippen molar-refractivity contribution in [2.45, 2.75) is 6.92 Å². The number of nitrogens with zero attached hydrogens (tertiary/aromatic N) is 1. The minimum absolute atomic E-state index is 0.112. The average Bonchev–Trinajstić information content (AvgIpc) is 2.75. The van der Waals surface area contributed by atoms with Crippen LogP contribution in [0.15, 0.2) is 16.2 Å². The summed E-state index contributed by atoms with van der Waals surface area (Å²) in [5.41, 5.74) is 0.781. The number of carboxylic acid groups (broad SMARTS) is 1. The summed E-state index contributed by atoms with van der Waals surface area (Å²) in [4.78, 5) is 15.0. The number of rotatable bonds is 2. The third-order valence-electron chi connectivity index (χ3n) is 1.88. The molecule has 1 N–H and O–H groups in total. The van der Waals surface area contributed by atoms with Gasteiger partial charge < -0.3 is 9.52 Å². The van der Waals surface area contributed by atoms with E-state index >= 15 is 0 Å². The molecule has 0 aromatic carbocycles. The molecule has 0 saturated heterocycles. The lowest BCUT2D eigenvalue weighted by Gasteiger charge is -1.94. The summed E-state index contributed by atoms with van der Waals surface area (Å²) in [7, 11) is 0. The van der Waals surface area contributed by atoms with Crippen molar-refractivity contribution >= 4 is 28.9 Å². The fourth-order valence-corrected chi connectivity index (χ4v) is 2.41. The van der Waals surface area contributed by atoms with Crippen molar-refractivity contribution in [3.8, 4) is 10.6 Å². The number of carboxylic acids is 1. The third-order valence-corrected chi connectivity index (χ3v) is 3.57. The number of aryl methyl sites for hydroxylation is 1. The van der Waals surface area contributed by atoms with Gasteiger partial charge in [-0.05, 0) is 17.9 Å². The third kappa shape index (κ3) is 1.64. The summed E-state index contributed by atoms with van der Waals surface area (Å²) in [6, 6.07) is 0. The van der Waals surface area contributed by atoms with Gasteiger partial charge in [-0.1, -0.05) is 11.6 Å². The van der Waals surface area contributed by atoms with Crippen LogP contribution in [0.4, 0.5) is 0 Å². The number of halogens is 1. The van der Waals surface area contributed by atoms with Gasteiger partial charge in [-0.3, -0.25) is 0 Å². The molecule has 4 nitrogen and oxygen atoms in total. The molecule has 2 rings (SSSR count). The molecule has 6 heteroatoms. The summed E-state index contributed by atoms with van der Waals surface area (Å²) >= 11 is 7.34. The first-order valence-corrected chi connectivity index (χ1v) is 5.27. The molecule has 2 heterocycles. The van der Waals surface area contributed by atoms with E-state index in [9.17, 15) is 4.79 Å². The molecule has 0 bridgehead atoms. The van der Waals surface area contributed by atoms with Gasteiger partial charge >= 0.3 is 5.97 Å². The highest BCUT2D eigenvalue weighted by Gasteiger charge is 2.21. The van der Waals surface area contributed by atoms with Crippen LogP contribution in [0.2, 0.25) is 5.02 Å². The summed E-state index contributed by atoms with van der Waals surface area (Å²) in [6.45, 7) is 1.85. The lowest BCUT2D eigenvalue weighted by molar-refractivity contribution is 0.0691. The molecule has 0 fully saturated rings. The van der Waals surface area contributed by atoms with E-state index in [2.05, 4.69) is 4.98 Å². The minimum atomic E-state index is -1.12. The first-order valence-electron chi connectivity index (χ1n) is 4.02. The van der Waals surface area contributed by atoms with Gasteiger partial charge in [0.25, 0.3) is 0 Å². The van der Waals surface area contributed by atoms with Crippen LogP contribution in [0.25, 0.3) is 10.6 Å². The molecule has 0 amide bonds. The number of carbonyl (C=O) groups is 1. The SMILES string of the molecule is Cc1csc(-c2ocnc2C(=O)O)c1Cl. The molecule has 15 heavy (non-hydrogen) atoms. The summed E-state index contributed by atoms with van der Waals surface area (Å²) < 4.78 is 5.04. The van der Waals surface area contributed by atoms with Gasteiger partial charge in [-0.2, -0.15) is 0 Å². The van der Waals surface area contributed by atoms with Crippen molar-refractivity contribution in [2.75, 3.05) is 0 Å². The van der Waals surface area contributed by atoms with E-state index in [4.69, 9.17) is 21.1 Å². The van der Waals surface area contributed by atoms with Crippen LogP contribution in [0.3, 0.4) is 0 Å². The zero-order chi connectivity index (χ0) is 11.0. The molecular formula is C9H6ClNO3S. The summed E-state index contributed by atoms with van der Waals surface area (Å²) in [5.74, 6) is -0.911. The summed E-state index contributed by atoms with van der Waals surface area (Å²) in [5, 5.41) is 11.2. The second kappa shape index (κ2) is 3.67. The Morgan fingerprint density at radius 3 is 2.93 bits per heavy atom. The van der Waals surface area contributed by atoms with E-state index in [0.29, 0.717) is 9.90 Å². The first kappa shape index (κ1) is 10.2. The van der Waals surface area contributed by atoms with Gasteiger partial charge in [0.05, 0.1) is 9.90 Å². The van der Waals surface area contributed by atoms with Crippen LogP contribution in [0.5, 0.6) is 0 Å². The molecule has 78 valence electrons. The Morgan fingerprint density at radius 1 is 1.67 bits per heavy atom.